The van der Waals surface area contributed by atoms with Gasteiger partial charge >= 0.3 is 5.97 Å². The van der Waals surface area contributed by atoms with Crippen molar-refractivity contribution in [3.63, 3.8) is 0 Å². The van der Waals surface area contributed by atoms with Crippen LogP contribution in [0.5, 0.6) is 0 Å². The van der Waals surface area contributed by atoms with Crippen molar-refractivity contribution in [1.82, 2.24) is 0 Å². The van der Waals surface area contributed by atoms with E-state index in [1.54, 1.807) is 24.3 Å². The van der Waals surface area contributed by atoms with Gasteiger partial charge in [-0.05, 0) is 37.4 Å². The van der Waals surface area contributed by atoms with Crippen LogP contribution in [-0.2, 0) is 9.53 Å². The van der Waals surface area contributed by atoms with Crippen LogP contribution in [-0.4, -0.2) is 24.2 Å². The lowest BCUT2D eigenvalue weighted by Crippen LogP contribution is -2.30. The summed E-state index contributed by atoms with van der Waals surface area (Å²) in [6.45, 7) is 1.37. The minimum Gasteiger partial charge on any atom is -0.449 e. The lowest BCUT2D eigenvalue weighted by molar-refractivity contribution is -0.123. The summed E-state index contributed by atoms with van der Waals surface area (Å²) in [4.78, 5) is 24.9. The molecule has 0 fully saturated rings. The van der Waals surface area contributed by atoms with E-state index in [9.17, 15) is 18.4 Å². The first-order valence-corrected chi connectivity index (χ1v) is 8.24. The van der Waals surface area contributed by atoms with Crippen LogP contribution in [0.4, 0.5) is 14.5 Å². The number of benzene rings is 2. The highest BCUT2D eigenvalue weighted by Gasteiger charge is 2.21. The molecule has 0 unspecified atom stereocenters. The van der Waals surface area contributed by atoms with Crippen LogP contribution in [0.15, 0.2) is 47.4 Å². The Morgan fingerprint density at radius 1 is 1.17 bits per heavy atom. The van der Waals surface area contributed by atoms with Gasteiger partial charge in [0.15, 0.2) is 6.10 Å². The Bertz CT molecular complexity index is 767. The number of nitrogens with one attached hydrogen (secondary N) is 1. The third-order valence-electron chi connectivity index (χ3n) is 3.17. The van der Waals surface area contributed by atoms with Crippen molar-refractivity contribution < 1.29 is 23.1 Å². The van der Waals surface area contributed by atoms with E-state index in [0.717, 1.165) is 17.0 Å². The van der Waals surface area contributed by atoms with Gasteiger partial charge in [0, 0.05) is 11.0 Å². The highest BCUT2D eigenvalue weighted by Crippen LogP contribution is 2.21. The molecule has 0 aliphatic heterocycles. The van der Waals surface area contributed by atoms with Crippen molar-refractivity contribution in [3.05, 3.63) is 59.7 Å². The van der Waals surface area contributed by atoms with Gasteiger partial charge in [-0.15, -0.1) is 11.8 Å². The summed E-state index contributed by atoms with van der Waals surface area (Å²) in [5, 5.41) is 2.26. The normalized spacial score (nSPS) is 11.7. The number of anilines is 1. The molecule has 24 heavy (non-hydrogen) atoms. The zero-order valence-electron chi connectivity index (χ0n) is 13.0. The van der Waals surface area contributed by atoms with Crippen LogP contribution < -0.4 is 5.32 Å². The Balaban J connectivity index is 2.04. The highest BCUT2D eigenvalue weighted by atomic mass is 32.2. The molecule has 1 amide bonds. The van der Waals surface area contributed by atoms with Crippen molar-refractivity contribution in [3.8, 4) is 0 Å². The summed E-state index contributed by atoms with van der Waals surface area (Å²) in [7, 11) is 0. The quantitative estimate of drug-likeness (QED) is 0.656. The fourth-order valence-electron chi connectivity index (χ4n) is 1.92. The van der Waals surface area contributed by atoms with E-state index in [-0.39, 0.29) is 5.69 Å². The lowest BCUT2D eigenvalue weighted by atomic mass is 10.2. The molecule has 1 N–H and O–H groups in total. The van der Waals surface area contributed by atoms with Crippen molar-refractivity contribution in [2.75, 3.05) is 11.6 Å². The van der Waals surface area contributed by atoms with Crippen LogP contribution >= 0.6 is 11.8 Å². The summed E-state index contributed by atoms with van der Waals surface area (Å²) >= 11 is 1.38. The van der Waals surface area contributed by atoms with Gasteiger partial charge in [0.05, 0.1) is 11.3 Å². The molecule has 2 aromatic carbocycles. The van der Waals surface area contributed by atoms with Gasteiger partial charge in [-0.25, -0.2) is 13.6 Å². The Hall–Kier alpha value is -2.41. The fourth-order valence-corrected chi connectivity index (χ4v) is 2.50. The second-order valence-corrected chi connectivity index (χ2v) is 5.71. The molecule has 0 saturated heterocycles. The van der Waals surface area contributed by atoms with Gasteiger partial charge in [0.1, 0.15) is 11.6 Å². The summed E-state index contributed by atoms with van der Waals surface area (Å²) in [6, 6.07) is 9.61. The molecule has 2 aromatic rings. The number of ether oxygens (including phenoxy) is 1. The first-order valence-electron chi connectivity index (χ1n) is 7.02. The second kappa shape index (κ2) is 7.92. The molecule has 0 saturated carbocycles. The Morgan fingerprint density at radius 2 is 1.88 bits per heavy atom. The number of amides is 1. The Kier molecular flexibility index (Phi) is 5.92. The average molecular weight is 351 g/mol. The topological polar surface area (TPSA) is 55.4 Å². The van der Waals surface area contributed by atoms with E-state index in [1.807, 2.05) is 6.26 Å². The molecule has 4 nitrogen and oxygen atoms in total. The standard InChI is InChI=1S/C17H15F2NO3S/c1-10(16(21)20-14-8-7-11(18)9-13(14)19)23-17(22)12-5-3-4-6-15(12)24-2/h3-10H,1-2H3,(H,20,21)/t10-/m1/s1. The Labute approximate surface area is 142 Å². The first kappa shape index (κ1) is 17.9. The zero-order valence-corrected chi connectivity index (χ0v) is 13.8. The van der Waals surface area contributed by atoms with Crippen LogP contribution in [0.3, 0.4) is 0 Å². The number of hydrogen-bond acceptors (Lipinski definition) is 4. The summed E-state index contributed by atoms with van der Waals surface area (Å²) in [5.41, 5.74) is 0.159. The molecular weight excluding hydrogens is 336 g/mol. The molecule has 0 heterocycles. The monoisotopic (exact) mass is 351 g/mol. The molecule has 0 bridgehead atoms. The van der Waals surface area contributed by atoms with Gasteiger partial charge in [0.25, 0.3) is 5.91 Å². The van der Waals surface area contributed by atoms with E-state index in [2.05, 4.69) is 5.32 Å². The van der Waals surface area contributed by atoms with Gasteiger partial charge in [-0.3, -0.25) is 4.79 Å². The predicted molar refractivity (Wildman–Crippen MR) is 88.1 cm³/mol. The highest BCUT2D eigenvalue weighted by molar-refractivity contribution is 7.98. The van der Waals surface area contributed by atoms with Crippen molar-refractivity contribution in [2.24, 2.45) is 0 Å². The zero-order chi connectivity index (χ0) is 17.7. The first-order chi connectivity index (χ1) is 11.4. The van der Waals surface area contributed by atoms with Crippen LogP contribution in [0.2, 0.25) is 0 Å². The number of carbonyl (C=O) groups excluding carboxylic acids is 2. The average Bonchev–Trinajstić information content (AvgIpc) is 2.57. The fraction of sp³-hybridized carbons (Fsp3) is 0.176. The molecule has 0 aromatic heterocycles. The number of carbonyl (C=O) groups is 2. The molecule has 0 aliphatic rings. The van der Waals surface area contributed by atoms with Crippen molar-refractivity contribution in [1.29, 1.82) is 0 Å². The van der Waals surface area contributed by atoms with Crippen LogP contribution in [0, 0.1) is 11.6 Å². The minimum absolute atomic E-state index is 0.186. The molecule has 126 valence electrons. The maximum atomic E-state index is 13.5. The summed E-state index contributed by atoms with van der Waals surface area (Å²) in [5.74, 6) is -3.02. The molecule has 1 atom stereocenters. The number of thioether (sulfide) groups is 1. The molecule has 2 rings (SSSR count). The van der Waals surface area contributed by atoms with E-state index in [1.165, 1.54) is 18.7 Å². The largest absolute Gasteiger partial charge is 0.449 e. The number of hydrogen-bond donors (Lipinski definition) is 1. The minimum atomic E-state index is -1.14. The lowest BCUT2D eigenvalue weighted by Gasteiger charge is -2.15. The van der Waals surface area contributed by atoms with Crippen LogP contribution in [0.1, 0.15) is 17.3 Å². The SMILES string of the molecule is CSc1ccccc1C(=O)O[C@H](C)C(=O)Nc1ccc(F)cc1F. The van der Waals surface area contributed by atoms with Crippen molar-refractivity contribution >= 4 is 29.3 Å². The van der Waals surface area contributed by atoms with E-state index in [0.29, 0.717) is 11.6 Å². The molecule has 0 spiro atoms. The molecule has 7 heteroatoms. The maximum Gasteiger partial charge on any atom is 0.340 e. The van der Waals surface area contributed by atoms with E-state index in [4.69, 9.17) is 4.74 Å². The van der Waals surface area contributed by atoms with Gasteiger partial charge < -0.3 is 10.1 Å². The third-order valence-corrected chi connectivity index (χ3v) is 3.96. The molecule has 0 aliphatic carbocycles. The van der Waals surface area contributed by atoms with Gasteiger partial charge in [-0.2, -0.15) is 0 Å². The second-order valence-electron chi connectivity index (χ2n) is 4.86. The van der Waals surface area contributed by atoms with Crippen LogP contribution in [0.25, 0.3) is 0 Å². The number of rotatable bonds is 5. The summed E-state index contributed by atoms with van der Waals surface area (Å²) < 4.78 is 31.5. The third kappa shape index (κ3) is 4.32. The molecular formula is C17H15F2NO3S. The smallest absolute Gasteiger partial charge is 0.340 e. The Morgan fingerprint density at radius 3 is 2.54 bits per heavy atom. The maximum absolute atomic E-state index is 13.5. The van der Waals surface area contributed by atoms with E-state index >= 15 is 0 Å². The summed E-state index contributed by atoms with van der Waals surface area (Å²) in [6.07, 6.45) is 0.677. The number of esters is 1. The van der Waals surface area contributed by atoms with Gasteiger partial charge in [0.2, 0.25) is 0 Å². The molecule has 0 radical (unpaired) electrons. The van der Waals surface area contributed by atoms with Gasteiger partial charge in [-0.1, -0.05) is 12.1 Å². The van der Waals surface area contributed by atoms with Crippen molar-refractivity contribution in [2.45, 2.75) is 17.9 Å². The van der Waals surface area contributed by atoms with E-state index < -0.39 is 29.6 Å². The predicted octanol–water partition coefficient (Wildman–Crippen LogP) is 3.87. The number of halogens is 2.